The Morgan fingerprint density at radius 3 is 2.52 bits per heavy atom. The Kier molecular flexibility index (Phi) is 7.90. The van der Waals surface area contributed by atoms with Crippen molar-refractivity contribution in [2.45, 2.75) is 13.5 Å². The lowest BCUT2D eigenvalue weighted by atomic mass is 10.2. The van der Waals surface area contributed by atoms with Crippen LogP contribution in [0.5, 0.6) is 17.2 Å². The number of hydrogen-bond acceptors (Lipinski definition) is 5. The van der Waals surface area contributed by atoms with Gasteiger partial charge in [-0.3, -0.25) is 4.79 Å². The van der Waals surface area contributed by atoms with Crippen molar-refractivity contribution < 1.29 is 19.0 Å². The van der Waals surface area contributed by atoms with E-state index in [4.69, 9.17) is 25.8 Å². The fraction of sp³-hybridized carbons (Fsp3) is 0.167. The number of rotatable bonds is 9. The van der Waals surface area contributed by atoms with Crippen molar-refractivity contribution in [1.29, 1.82) is 0 Å². The van der Waals surface area contributed by atoms with E-state index in [1.807, 2.05) is 43.3 Å². The lowest BCUT2D eigenvalue weighted by Crippen LogP contribution is -2.24. The molecule has 0 aliphatic heterocycles. The van der Waals surface area contributed by atoms with Gasteiger partial charge in [-0.05, 0) is 60.0 Å². The Hall–Kier alpha value is -3.51. The number of carbonyl (C=O) groups is 1. The van der Waals surface area contributed by atoms with Gasteiger partial charge in [0.1, 0.15) is 12.4 Å². The van der Waals surface area contributed by atoms with Crippen molar-refractivity contribution in [3.05, 3.63) is 88.4 Å². The molecule has 1 amide bonds. The Labute approximate surface area is 186 Å². The van der Waals surface area contributed by atoms with E-state index < -0.39 is 0 Å². The zero-order chi connectivity index (χ0) is 22.1. The fourth-order valence-corrected chi connectivity index (χ4v) is 2.97. The molecule has 3 aromatic carbocycles. The first-order chi connectivity index (χ1) is 15.0. The van der Waals surface area contributed by atoms with Crippen molar-refractivity contribution in [1.82, 2.24) is 5.43 Å². The third-order valence-electron chi connectivity index (χ3n) is 4.32. The Bertz CT molecular complexity index is 1050. The van der Waals surface area contributed by atoms with Crippen LogP contribution in [-0.2, 0) is 11.4 Å². The molecule has 0 spiro atoms. The van der Waals surface area contributed by atoms with E-state index in [-0.39, 0.29) is 12.5 Å². The summed E-state index contributed by atoms with van der Waals surface area (Å²) in [7, 11) is 1.57. The van der Waals surface area contributed by atoms with Gasteiger partial charge in [-0.1, -0.05) is 41.9 Å². The van der Waals surface area contributed by atoms with Crippen LogP contribution in [0.3, 0.4) is 0 Å². The van der Waals surface area contributed by atoms with Gasteiger partial charge in [0.25, 0.3) is 5.91 Å². The predicted octanol–water partition coefficient (Wildman–Crippen LogP) is 4.77. The van der Waals surface area contributed by atoms with E-state index in [1.54, 1.807) is 37.4 Å². The van der Waals surface area contributed by atoms with Crippen molar-refractivity contribution in [2.75, 3.05) is 13.7 Å². The molecule has 0 aromatic heterocycles. The number of amides is 1. The molecule has 0 saturated carbocycles. The van der Waals surface area contributed by atoms with Crippen molar-refractivity contribution in [3.8, 4) is 17.2 Å². The first-order valence-electron chi connectivity index (χ1n) is 9.61. The highest BCUT2D eigenvalue weighted by atomic mass is 35.5. The molecule has 0 aliphatic rings. The summed E-state index contributed by atoms with van der Waals surface area (Å²) in [6.07, 6.45) is 1.52. The molecule has 0 unspecified atom stereocenters. The standard InChI is InChI=1S/C24H23ClN2O4/c1-17-12-20(25)9-11-21(17)31-16-24(28)27-26-14-19-8-10-22(23(13-19)29-2)30-15-18-6-4-3-5-7-18/h3-14H,15-16H2,1-2H3,(H,27,28)/b26-14+. The summed E-state index contributed by atoms with van der Waals surface area (Å²) in [5, 5.41) is 4.58. The number of ether oxygens (including phenoxy) is 3. The lowest BCUT2D eigenvalue weighted by molar-refractivity contribution is -0.123. The number of methoxy groups -OCH3 is 1. The van der Waals surface area contributed by atoms with Crippen molar-refractivity contribution in [2.24, 2.45) is 5.10 Å². The summed E-state index contributed by atoms with van der Waals surface area (Å²) in [5.74, 6) is 1.42. The van der Waals surface area contributed by atoms with Crippen LogP contribution in [-0.4, -0.2) is 25.8 Å². The summed E-state index contributed by atoms with van der Waals surface area (Å²) in [6, 6.07) is 20.5. The summed E-state index contributed by atoms with van der Waals surface area (Å²) in [5.41, 5.74) is 5.10. The average molecular weight is 439 g/mol. The van der Waals surface area contributed by atoms with Gasteiger partial charge in [0.05, 0.1) is 13.3 Å². The maximum Gasteiger partial charge on any atom is 0.277 e. The molecule has 31 heavy (non-hydrogen) atoms. The molecule has 0 fully saturated rings. The second-order valence-electron chi connectivity index (χ2n) is 6.68. The molecule has 1 N–H and O–H groups in total. The molecule has 3 aromatic rings. The minimum atomic E-state index is -0.375. The summed E-state index contributed by atoms with van der Waals surface area (Å²) < 4.78 is 16.7. The number of carbonyl (C=O) groups excluding carboxylic acids is 1. The maximum atomic E-state index is 12.0. The minimum absolute atomic E-state index is 0.157. The molecule has 7 heteroatoms. The van der Waals surface area contributed by atoms with E-state index in [1.165, 1.54) is 6.21 Å². The quantitative estimate of drug-likeness (QED) is 0.386. The van der Waals surface area contributed by atoms with Crippen molar-refractivity contribution in [3.63, 3.8) is 0 Å². The van der Waals surface area contributed by atoms with E-state index in [2.05, 4.69) is 10.5 Å². The van der Waals surface area contributed by atoms with Crippen LogP contribution < -0.4 is 19.6 Å². The summed E-state index contributed by atoms with van der Waals surface area (Å²) in [4.78, 5) is 12.0. The van der Waals surface area contributed by atoms with E-state index in [0.29, 0.717) is 28.9 Å². The first kappa shape index (κ1) is 22.2. The molecule has 0 aliphatic carbocycles. The normalized spacial score (nSPS) is 10.7. The lowest BCUT2D eigenvalue weighted by Gasteiger charge is -2.11. The second-order valence-corrected chi connectivity index (χ2v) is 7.11. The smallest absolute Gasteiger partial charge is 0.277 e. The van der Waals surface area contributed by atoms with E-state index in [9.17, 15) is 4.79 Å². The van der Waals surface area contributed by atoms with Gasteiger partial charge in [0.15, 0.2) is 18.1 Å². The van der Waals surface area contributed by atoms with Gasteiger partial charge in [0, 0.05) is 5.02 Å². The highest BCUT2D eigenvalue weighted by Crippen LogP contribution is 2.28. The van der Waals surface area contributed by atoms with Gasteiger partial charge in [0.2, 0.25) is 0 Å². The monoisotopic (exact) mass is 438 g/mol. The third-order valence-corrected chi connectivity index (χ3v) is 4.56. The molecule has 6 nitrogen and oxygen atoms in total. The highest BCUT2D eigenvalue weighted by Gasteiger charge is 2.07. The molecule has 0 bridgehead atoms. The van der Waals surface area contributed by atoms with Gasteiger partial charge in [-0.25, -0.2) is 5.43 Å². The van der Waals surface area contributed by atoms with Crippen LogP contribution in [0.1, 0.15) is 16.7 Å². The van der Waals surface area contributed by atoms with Gasteiger partial charge < -0.3 is 14.2 Å². The van der Waals surface area contributed by atoms with E-state index >= 15 is 0 Å². The number of hydrazone groups is 1. The Balaban J connectivity index is 1.52. The zero-order valence-electron chi connectivity index (χ0n) is 17.3. The van der Waals surface area contributed by atoms with Gasteiger partial charge in [-0.15, -0.1) is 0 Å². The topological polar surface area (TPSA) is 69.2 Å². The average Bonchev–Trinajstić information content (AvgIpc) is 2.78. The van der Waals surface area contributed by atoms with Crippen LogP contribution in [0.15, 0.2) is 71.8 Å². The minimum Gasteiger partial charge on any atom is -0.493 e. The van der Waals surface area contributed by atoms with Crippen LogP contribution in [0, 0.1) is 6.92 Å². The third kappa shape index (κ3) is 6.76. The van der Waals surface area contributed by atoms with Crippen LogP contribution in [0.2, 0.25) is 5.02 Å². The summed E-state index contributed by atoms with van der Waals surface area (Å²) >= 11 is 5.91. The fourth-order valence-electron chi connectivity index (χ4n) is 2.75. The van der Waals surface area contributed by atoms with Crippen molar-refractivity contribution >= 4 is 23.7 Å². The number of nitrogens with one attached hydrogen (secondary N) is 1. The van der Waals surface area contributed by atoms with Gasteiger partial charge >= 0.3 is 0 Å². The van der Waals surface area contributed by atoms with Crippen LogP contribution >= 0.6 is 11.6 Å². The molecular formula is C24H23ClN2O4. The van der Waals surface area contributed by atoms with E-state index in [0.717, 1.165) is 16.7 Å². The second kappa shape index (κ2) is 11.0. The van der Waals surface area contributed by atoms with Gasteiger partial charge in [-0.2, -0.15) is 5.10 Å². The Morgan fingerprint density at radius 1 is 1.00 bits per heavy atom. The Morgan fingerprint density at radius 2 is 1.77 bits per heavy atom. The molecule has 3 rings (SSSR count). The first-order valence-corrected chi connectivity index (χ1v) is 9.98. The number of benzene rings is 3. The molecule has 0 radical (unpaired) electrons. The van der Waals surface area contributed by atoms with Crippen LogP contribution in [0.25, 0.3) is 0 Å². The molecular weight excluding hydrogens is 416 g/mol. The number of aryl methyl sites for hydroxylation is 1. The summed E-state index contributed by atoms with van der Waals surface area (Å²) in [6.45, 7) is 2.14. The molecule has 0 saturated heterocycles. The maximum absolute atomic E-state index is 12.0. The predicted molar refractivity (Wildman–Crippen MR) is 121 cm³/mol. The van der Waals surface area contributed by atoms with Crippen LogP contribution in [0.4, 0.5) is 0 Å². The molecule has 160 valence electrons. The highest BCUT2D eigenvalue weighted by molar-refractivity contribution is 6.30. The molecule has 0 heterocycles. The molecule has 0 atom stereocenters. The number of hydrogen-bond donors (Lipinski definition) is 1. The SMILES string of the molecule is COc1cc(/C=N/NC(=O)COc2ccc(Cl)cc2C)ccc1OCc1ccccc1. The zero-order valence-corrected chi connectivity index (χ0v) is 18.1. The number of halogens is 1. The largest absolute Gasteiger partial charge is 0.493 e. The number of nitrogens with zero attached hydrogens (tertiary/aromatic N) is 1.